The minimum absolute atomic E-state index is 0.0738. The first-order chi connectivity index (χ1) is 5.84. The molecular formula is C9H12O2S. The normalized spacial score (nSPS) is 10.1. The number of carbonyl (C=O) groups is 1. The van der Waals surface area contributed by atoms with E-state index >= 15 is 0 Å². The lowest BCUT2D eigenvalue weighted by atomic mass is 10.2. The van der Waals surface area contributed by atoms with Gasteiger partial charge in [-0.1, -0.05) is 6.92 Å². The van der Waals surface area contributed by atoms with Crippen LogP contribution in [0.25, 0.3) is 0 Å². The van der Waals surface area contributed by atoms with Crippen LogP contribution in [0.2, 0.25) is 0 Å². The van der Waals surface area contributed by atoms with Gasteiger partial charge in [0.1, 0.15) is 6.61 Å². The lowest BCUT2D eigenvalue weighted by Gasteiger charge is -1.98. The van der Waals surface area contributed by atoms with Crippen molar-refractivity contribution in [3.63, 3.8) is 0 Å². The third-order valence-corrected chi connectivity index (χ3v) is 2.11. The van der Waals surface area contributed by atoms with E-state index in [4.69, 9.17) is 4.74 Å². The van der Waals surface area contributed by atoms with E-state index in [1.807, 2.05) is 23.8 Å². The number of thiophene rings is 1. The summed E-state index contributed by atoms with van der Waals surface area (Å²) >= 11 is 1.53. The first-order valence-electron chi connectivity index (χ1n) is 3.97. The van der Waals surface area contributed by atoms with Crippen LogP contribution in [0.1, 0.15) is 23.7 Å². The lowest BCUT2D eigenvalue weighted by molar-refractivity contribution is 0.0762. The third kappa shape index (κ3) is 2.75. The average Bonchev–Trinajstić information content (AvgIpc) is 2.56. The Morgan fingerprint density at radius 1 is 1.67 bits per heavy atom. The van der Waals surface area contributed by atoms with Crippen molar-refractivity contribution in [1.29, 1.82) is 0 Å². The molecule has 0 fully saturated rings. The number of ether oxygens (including phenoxy) is 1. The van der Waals surface area contributed by atoms with Crippen LogP contribution in [0.15, 0.2) is 16.8 Å². The standard InChI is InChI=1S/C9H12O2S/c1-2-4-11-6-9(10)8-3-5-12-7-8/h3,5,7H,2,4,6H2,1H3. The van der Waals surface area contributed by atoms with Crippen LogP contribution in [0.4, 0.5) is 0 Å². The van der Waals surface area contributed by atoms with Crippen molar-refractivity contribution in [3.05, 3.63) is 22.4 Å². The number of ketones is 1. The highest BCUT2D eigenvalue weighted by molar-refractivity contribution is 7.08. The van der Waals surface area contributed by atoms with E-state index in [-0.39, 0.29) is 12.4 Å². The Hall–Kier alpha value is -0.670. The molecule has 0 saturated heterocycles. The maximum Gasteiger partial charge on any atom is 0.189 e. The molecule has 0 unspecified atom stereocenters. The molecule has 3 heteroatoms. The number of hydrogen-bond donors (Lipinski definition) is 0. The van der Waals surface area contributed by atoms with Crippen LogP contribution in [-0.4, -0.2) is 19.0 Å². The number of hydrogen-bond acceptors (Lipinski definition) is 3. The van der Waals surface area contributed by atoms with E-state index in [2.05, 4.69) is 0 Å². The second-order valence-corrected chi connectivity index (χ2v) is 3.27. The summed E-state index contributed by atoms with van der Waals surface area (Å²) in [4.78, 5) is 11.3. The van der Waals surface area contributed by atoms with Crippen LogP contribution >= 0.6 is 11.3 Å². The van der Waals surface area contributed by atoms with Crippen molar-refractivity contribution in [2.24, 2.45) is 0 Å². The minimum atomic E-state index is 0.0738. The molecule has 66 valence electrons. The van der Waals surface area contributed by atoms with E-state index < -0.39 is 0 Å². The molecule has 0 atom stereocenters. The van der Waals surface area contributed by atoms with Gasteiger partial charge in [0.05, 0.1) is 0 Å². The molecule has 12 heavy (non-hydrogen) atoms. The van der Waals surface area contributed by atoms with Crippen LogP contribution in [0, 0.1) is 0 Å². The zero-order valence-corrected chi connectivity index (χ0v) is 7.89. The fourth-order valence-corrected chi connectivity index (χ4v) is 1.48. The topological polar surface area (TPSA) is 26.3 Å². The minimum Gasteiger partial charge on any atom is -0.373 e. The van der Waals surface area contributed by atoms with Crippen LogP contribution in [-0.2, 0) is 4.74 Å². The zero-order chi connectivity index (χ0) is 8.81. The van der Waals surface area contributed by atoms with Crippen molar-refractivity contribution in [2.75, 3.05) is 13.2 Å². The van der Waals surface area contributed by atoms with Gasteiger partial charge < -0.3 is 4.74 Å². The number of carbonyl (C=O) groups excluding carboxylic acids is 1. The summed E-state index contributed by atoms with van der Waals surface area (Å²) in [7, 11) is 0. The Balaban J connectivity index is 2.30. The van der Waals surface area contributed by atoms with Crippen molar-refractivity contribution in [1.82, 2.24) is 0 Å². The molecule has 0 radical (unpaired) electrons. The average molecular weight is 184 g/mol. The molecule has 1 aromatic rings. The molecule has 0 amide bonds. The summed E-state index contributed by atoms with van der Waals surface area (Å²) in [5.41, 5.74) is 0.760. The molecule has 0 aliphatic rings. The van der Waals surface area contributed by atoms with E-state index in [1.165, 1.54) is 11.3 Å². The van der Waals surface area contributed by atoms with Gasteiger partial charge in [0.25, 0.3) is 0 Å². The largest absolute Gasteiger partial charge is 0.373 e. The van der Waals surface area contributed by atoms with Gasteiger partial charge in [0.2, 0.25) is 0 Å². The van der Waals surface area contributed by atoms with Gasteiger partial charge in [-0.2, -0.15) is 11.3 Å². The van der Waals surface area contributed by atoms with Crippen LogP contribution in [0.3, 0.4) is 0 Å². The molecule has 0 N–H and O–H groups in total. The highest BCUT2D eigenvalue weighted by Gasteiger charge is 2.04. The molecular weight excluding hydrogens is 172 g/mol. The van der Waals surface area contributed by atoms with Gasteiger partial charge in [-0.15, -0.1) is 0 Å². The maximum atomic E-state index is 11.3. The SMILES string of the molecule is CCCOCC(=O)c1ccsc1. The number of Topliss-reactive ketones (excluding diaryl/α,β-unsaturated/α-hetero) is 1. The van der Waals surface area contributed by atoms with Crippen molar-refractivity contribution < 1.29 is 9.53 Å². The molecule has 0 saturated carbocycles. The summed E-state index contributed by atoms with van der Waals surface area (Å²) < 4.78 is 5.12. The molecule has 2 nitrogen and oxygen atoms in total. The zero-order valence-electron chi connectivity index (χ0n) is 7.08. The first kappa shape index (κ1) is 9.42. The maximum absolute atomic E-state index is 11.3. The Bertz CT molecular complexity index is 229. The summed E-state index contributed by atoms with van der Waals surface area (Å²) in [6, 6.07) is 1.82. The van der Waals surface area contributed by atoms with E-state index in [0.29, 0.717) is 6.61 Å². The second-order valence-electron chi connectivity index (χ2n) is 2.49. The number of rotatable bonds is 5. The van der Waals surface area contributed by atoms with Gasteiger partial charge in [-0.05, 0) is 17.9 Å². The summed E-state index contributed by atoms with van der Waals surface area (Å²) in [5, 5.41) is 3.74. The molecule has 0 aromatic carbocycles. The molecule has 1 heterocycles. The van der Waals surface area contributed by atoms with E-state index in [1.54, 1.807) is 0 Å². The van der Waals surface area contributed by atoms with Gasteiger partial charge in [-0.3, -0.25) is 4.79 Å². The van der Waals surface area contributed by atoms with Crippen LogP contribution < -0.4 is 0 Å². The van der Waals surface area contributed by atoms with Gasteiger partial charge in [0, 0.05) is 17.6 Å². The summed E-state index contributed by atoms with van der Waals surface area (Å²) in [5.74, 6) is 0.0738. The Morgan fingerprint density at radius 2 is 2.50 bits per heavy atom. The smallest absolute Gasteiger partial charge is 0.189 e. The Labute approximate surface area is 76.2 Å². The highest BCUT2D eigenvalue weighted by Crippen LogP contribution is 2.06. The first-order valence-corrected chi connectivity index (χ1v) is 4.92. The molecule has 0 aliphatic carbocycles. The Kier molecular flexibility index (Phi) is 3.97. The van der Waals surface area contributed by atoms with Gasteiger partial charge in [-0.25, -0.2) is 0 Å². The molecule has 0 bridgehead atoms. The van der Waals surface area contributed by atoms with Gasteiger partial charge >= 0.3 is 0 Å². The quantitative estimate of drug-likeness (QED) is 0.518. The van der Waals surface area contributed by atoms with Crippen molar-refractivity contribution >= 4 is 17.1 Å². The second kappa shape index (κ2) is 5.06. The predicted molar refractivity (Wildman–Crippen MR) is 49.8 cm³/mol. The Morgan fingerprint density at radius 3 is 3.08 bits per heavy atom. The van der Waals surface area contributed by atoms with Crippen molar-refractivity contribution in [2.45, 2.75) is 13.3 Å². The van der Waals surface area contributed by atoms with Crippen molar-refractivity contribution in [3.8, 4) is 0 Å². The van der Waals surface area contributed by atoms with E-state index in [9.17, 15) is 4.79 Å². The molecule has 0 aliphatic heterocycles. The molecule has 0 spiro atoms. The highest BCUT2D eigenvalue weighted by atomic mass is 32.1. The fraction of sp³-hybridized carbons (Fsp3) is 0.444. The lowest BCUT2D eigenvalue weighted by Crippen LogP contribution is -2.08. The summed E-state index contributed by atoms with van der Waals surface area (Å²) in [6.45, 7) is 2.90. The molecule has 1 aromatic heterocycles. The van der Waals surface area contributed by atoms with Gasteiger partial charge in [0.15, 0.2) is 5.78 Å². The predicted octanol–water partition coefficient (Wildman–Crippen LogP) is 2.36. The monoisotopic (exact) mass is 184 g/mol. The molecule has 1 rings (SSSR count). The summed E-state index contributed by atoms with van der Waals surface area (Å²) in [6.07, 6.45) is 0.955. The van der Waals surface area contributed by atoms with E-state index in [0.717, 1.165) is 12.0 Å². The third-order valence-electron chi connectivity index (χ3n) is 1.42. The van der Waals surface area contributed by atoms with Crippen LogP contribution in [0.5, 0.6) is 0 Å². The fourth-order valence-electron chi connectivity index (χ4n) is 0.816.